The number of alkyl halides is 3. The average molecular weight is 522 g/mol. The largest absolute Gasteiger partial charge is 0.402 e. The summed E-state index contributed by atoms with van der Waals surface area (Å²) in [6.45, 7) is 13.8. The van der Waals surface area contributed by atoms with Gasteiger partial charge >= 0.3 is 6.18 Å². The van der Waals surface area contributed by atoms with Crippen molar-refractivity contribution in [3.63, 3.8) is 0 Å². The molecular weight excluding hydrogens is 479 g/mol. The molecule has 1 saturated heterocycles. The molecule has 4 heteroatoms. The topological polar surface area (TPSA) is 3.24 Å². The van der Waals surface area contributed by atoms with Crippen LogP contribution in [0, 0.1) is 12.3 Å². The molecule has 1 aliphatic rings. The van der Waals surface area contributed by atoms with Gasteiger partial charge in [0, 0.05) is 0 Å². The summed E-state index contributed by atoms with van der Waals surface area (Å²) in [6.07, 6.45) is -2.38. The van der Waals surface area contributed by atoms with Crippen LogP contribution in [-0.2, 0) is 16.2 Å². The summed E-state index contributed by atoms with van der Waals surface area (Å²) in [5, 5.41) is 0. The van der Waals surface area contributed by atoms with Gasteiger partial charge in [-0.05, 0) is 78.4 Å². The molecule has 0 aliphatic carbocycles. The molecule has 1 fully saturated rings. The van der Waals surface area contributed by atoms with E-state index >= 15 is 13.2 Å². The Balaban J connectivity index is 1.88. The van der Waals surface area contributed by atoms with Crippen LogP contribution in [0.5, 0.6) is 0 Å². The fraction of sp³-hybridized carbons (Fsp3) is 0.471. The van der Waals surface area contributed by atoms with Crippen molar-refractivity contribution in [2.45, 2.75) is 76.8 Å². The number of aryl methyl sites for hydroxylation is 1. The average Bonchev–Trinajstić information content (AvgIpc) is 2.87. The summed E-state index contributed by atoms with van der Waals surface area (Å²) in [4.78, 5) is 2.35. The normalized spacial score (nSPS) is 18.7. The van der Waals surface area contributed by atoms with Crippen molar-refractivity contribution in [3.05, 3.63) is 107 Å². The smallest absolute Gasteiger partial charge is 0.306 e. The molecule has 1 nitrogen and oxygen atoms in total. The van der Waals surface area contributed by atoms with Crippen LogP contribution >= 0.6 is 0 Å². The maximum absolute atomic E-state index is 15.8. The van der Waals surface area contributed by atoms with Crippen molar-refractivity contribution in [1.29, 1.82) is 0 Å². The molecule has 0 radical (unpaired) electrons. The van der Waals surface area contributed by atoms with E-state index in [4.69, 9.17) is 0 Å². The monoisotopic (exact) mass is 521 g/mol. The van der Waals surface area contributed by atoms with Gasteiger partial charge in [-0.3, -0.25) is 0 Å². The Morgan fingerprint density at radius 2 is 1.16 bits per heavy atom. The fourth-order valence-corrected chi connectivity index (χ4v) is 6.58. The van der Waals surface area contributed by atoms with E-state index in [-0.39, 0.29) is 16.5 Å². The van der Waals surface area contributed by atoms with Crippen LogP contribution < -0.4 is 0 Å². The molecule has 0 amide bonds. The van der Waals surface area contributed by atoms with Gasteiger partial charge in [0.05, 0.1) is 0 Å². The number of likely N-dealkylation sites (tertiary alicyclic amines) is 1. The zero-order valence-corrected chi connectivity index (χ0v) is 23.9. The fourth-order valence-electron chi connectivity index (χ4n) is 6.58. The minimum Gasteiger partial charge on any atom is -0.306 e. The van der Waals surface area contributed by atoms with Crippen LogP contribution in [0.25, 0.3) is 0 Å². The molecule has 0 N–H and O–H groups in total. The van der Waals surface area contributed by atoms with Gasteiger partial charge in [0.15, 0.2) is 0 Å². The molecule has 0 saturated carbocycles. The Morgan fingerprint density at radius 1 is 0.684 bits per heavy atom. The van der Waals surface area contributed by atoms with Crippen molar-refractivity contribution in [2.75, 3.05) is 20.1 Å². The second kappa shape index (κ2) is 9.86. The van der Waals surface area contributed by atoms with Gasteiger partial charge in [0.2, 0.25) is 0 Å². The number of benzene rings is 3. The van der Waals surface area contributed by atoms with Crippen LogP contribution in [0.4, 0.5) is 13.2 Å². The van der Waals surface area contributed by atoms with E-state index in [0.717, 1.165) is 37.1 Å². The van der Waals surface area contributed by atoms with Crippen molar-refractivity contribution in [3.8, 4) is 0 Å². The van der Waals surface area contributed by atoms with E-state index in [1.807, 2.05) is 20.8 Å². The Hall–Kier alpha value is -2.59. The highest BCUT2D eigenvalue weighted by Crippen LogP contribution is 2.63. The molecule has 1 heterocycles. The van der Waals surface area contributed by atoms with Crippen molar-refractivity contribution in [2.24, 2.45) is 5.41 Å². The van der Waals surface area contributed by atoms with Gasteiger partial charge in [-0.25, -0.2) is 0 Å². The molecule has 0 bridgehead atoms. The summed E-state index contributed by atoms with van der Waals surface area (Å²) in [5.41, 5.74) is -0.550. The second-order valence-corrected chi connectivity index (χ2v) is 12.7. The van der Waals surface area contributed by atoms with Crippen LogP contribution in [-0.4, -0.2) is 31.2 Å². The molecule has 0 spiro atoms. The third-order valence-electron chi connectivity index (χ3n) is 10.0. The minimum atomic E-state index is -4.54. The third kappa shape index (κ3) is 4.49. The molecule has 3 aromatic rings. The van der Waals surface area contributed by atoms with Gasteiger partial charge in [0.25, 0.3) is 0 Å². The number of hydrogen-bond donors (Lipinski definition) is 0. The molecular formula is C34H42F3N. The SMILES string of the molecule is Cc1ccc(C(c2ccccc2)(C(F)(F)F)C(C)(C)C(C)(C)c2ccc(C3(C)CCN(C)CC3)cc2)cc1. The summed E-state index contributed by atoms with van der Waals surface area (Å²) in [5.74, 6) is 0. The Kier molecular flexibility index (Phi) is 7.37. The molecule has 1 atom stereocenters. The minimum absolute atomic E-state index is 0.0896. The molecule has 204 valence electrons. The lowest BCUT2D eigenvalue weighted by Gasteiger charge is -2.56. The van der Waals surface area contributed by atoms with E-state index in [1.54, 1.807) is 68.4 Å². The first-order chi connectivity index (χ1) is 17.7. The Bertz CT molecular complexity index is 1220. The molecule has 0 aromatic heterocycles. The molecule has 4 rings (SSSR count). The Labute approximate surface area is 227 Å². The lowest BCUT2D eigenvalue weighted by Crippen LogP contribution is -2.60. The van der Waals surface area contributed by atoms with Gasteiger partial charge in [-0.1, -0.05) is 119 Å². The van der Waals surface area contributed by atoms with Crippen molar-refractivity contribution in [1.82, 2.24) is 4.90 Å². The summed E-state index contributed by atoms with van der Waals surface area (Å²) < 4.78 is 47.3. The molecule has 38 heavy (non-hydrogen) atoms. The molecule has 1 unspecified atom stereocenters. The predicted octanol–water partition coefficient (Wildman–Crippen LogP) is 8.83. The van der Waals surface area contributed by atoms with E-state index in [0.29, 0.717) is 0 Å². The van der Waals surface area contributed by atoms with E-state index in [2.05, 4.69) is 43.1 Å². The van der Waals surface area contributed by atoms with E-state index in [9.17, 15) is 0 Å². The lowest BCUT2D eigenvalue weighted by molar-refractivity contribution is -0.217. The molecule has 3 aromatic carbocycles. The standard InChI is InChI=1S/C34H42F3N/c1-25-13-15-29(16-14-25)33(34(35,36)37,28-11-9-8-10-12-28)31(4,5)30(2,3)26-17-19-27(20-18-26)32(6)21-23-38(7)24-22-32/h8-20H,21-24H2,1-7H3. The number of rotatable bonds is 6. The van der Waals surface area contributed by atoms with Crippen LogP contribution in [0.2, 0.25) is 0 Å². The number of nitrogens with zero attached hydrogens (tertiary/aromatic N) is 1. The number of hydrogen-bond acceptors (Lipinski definition) is 1. The summed E-state index contributed by atoms with van der Waals surface area (Å²) in [7, 11) is 2.15. The zero-order valence-electron chi connectivity index (χ0n) is 23.9. The Morgan fingerprint density at radius 3 is 1.66 bits per heavy atom. The first kappa shape index (κ1) is 28.4. The molecule has 1 aliphatic heterocycles. The first-order valence-corrected chi connectivity index (χ1v) is 13.7. The van der Waals surface area contributed by atoms with Gasteiger partial charge in [-0.2, -0.15) is 13.2 Å². The number of piperidine rings is 1. The second-order valence-electron chi connectivity index (χ2n) is 12.7. The number of halogens is 3. The predicted molar refractivity (Wildman–Crippen MR) is 152 cm³/mol. The van der Waals surface area contributed by atoms with Gasteiger partial charge in [0.1, 0.15) is 5.41 Å². The summed E-state index contributed by atoms with van der Waals surface area (Å²) in [6, 6.07) is 23.8. The highest BCUT2D eigenvalue weighted by molar-refractivity contribution is 5.48. The van der Waals surface area contributed by atoms with Crippen LogP contribution in [0.15, 0.2) is 78.9 Å². The van der Waals surface area contributed by atoms with Crippen molar-refractivity contribution < 1.29 is 13.2 Å². The van der Waals surface area contributed by atoms with Crippen molar-refractivity contribution >= 4 is 0 Å². The van der Waals surface area contributed by atoms with Crippen LogP contribution in [0.1, 0.15) is 75.3 Å². The quantitative estimate of drug-likeness (QED) is 0.313. The zero-order chi connectivity index (χ0) is 28.0. The van der Waals surface area contributed by atoms with E-state index < -0.39 is 22.4 Å². The first-order valence-electron chi connectivity index (χ1n) is 13.7. The van der Waals surface area contributed by atoms with E-state index in [1.165, 1.54) is 5.56 Å². The highest BCUT2D eigenvalue weighted by Gasteiger charge is 2.68. The van der Waals surface area contributed by atoms with Gasteiger partial charge < -0.3 is 4.90 Å². The van der Waals surface area contributed by atoms with Gasteiger partial charge in [-0.15, -0.1) is 0 Å². The lowest BCUT2D eigenvalue weighted by atomic mass is 9.47. The van der Waals surface area contributed by atoms with Crippen LogP contribution in [0.3, 0.4) is 0 Å². The summed E-state index contributed by atoms with van der Waals surface area (Å²) >= 11 is 0. The maximum atomic E-state index is 15.8. The highest BCUT2D eigenvalue weighted by atomic mass is 19.4. The maximum Gasteiger partial charge on any atom is 0.402 e. The third-order valence-corrected chi connectivity index (χ3v) is 10.0.